The lowest BCUT2D eigenvalue weighted by Crippen LogP contribution is -2.26. The summed E-state index contributed by atoms with van der Waals surface area (Å²) in [6, 6.07) is 5.91. The van der Waals surface area contributed by atoms with Crippen LogP contribution in [0.3, 0.4) is 0 Å². The van der Waals surface area contributed by atoms with E-state index in [2.05, 4.69) is 22.6 Å². The number of benzene rings is 1. The highest BCUT2D eigenvalue weighted by atomic mass is 32.1. The number of fused-ring (bicyclic) bond motifs is 1. The normalized spacial score (nSPS) is 13.8. The smallest absolute Gasteiger partial charge is 0.341 e. The van der Waals surface area contributed by atoms with Crippen molar-refractivity contribution in [1.82, 2.24) is 4.90 Å². The number of rotatable bonds is 4. The van der Waals surface area contributed by atoms with Gasteiger partial charge in [0.05, 0.1) is 12.2 Å². The second kappa shape index (κ2) is 8.11. The van der Waals surface area contributed by atoms with Gasteiger partial charge in [0, 0.05) is 23.7 Å². The molecule has 8 heteroatoms. The predicted octanol–water partition coefficient (Wildman–Crippen LogP) is 3.86. The summed E-state index contributed by atoms with van der Waals surface area (Å²) in [7, 11) is 2.06. The van der Waals surface area contributed by atoms with Crippen LogP contribution >= 0.6 is 23.6 Å². The zero-order valence-electron chi connectivity index (χ0n) is 14.6. The maximum absolute atomic E-state index is 13.0. The fourth-order valence-corrected chi connectivity index (χ4v) is 4.44. The Hall–Kier alpha value is -2.03. The number of halogens is 1. The zero-order chi connectivity index (χ0) is 18.7. The average molecular weight is 394 g/mol. The van der Waals surface area contributed by atoms with Crippen LogP contribution in [0.4, 0.5) is 15.1 Å². The second-order valence-corrected chi connectivity index (χ2v) is 7.52. The monoisotopic (exact) mass is 393 g/mol. The molecule has 0 amide bonds. The molecule has 0 saturated carbocycles. The van der Waals surface area contributed by atoms with E-state index in [9.17, 15) is 9.18 Å². The van der Waals surface area contributed by atoms with Crippen LogP contribution in [-0.2, 0) is 17.7 Å². The summed E-state index contributed by atoms with van der Waals surface area (Å²) in [5, 5.41) is 7.14. The highest BCUT2D eigenvalue weighted by molar-refractivity contribution is 7.80. The first-order chi connectivity index (χ1) is 12.5. The van der Waals surface area contributed by atoms with Crippen molar-refractivity contribution >= 4 is 45.3 Å². The molecule has 0 radical (unpaired) electrons. The van der Waals surface area contributed by atoms with Gasteiger partial charge in [-0.3, -0.25) is 0 Å². The fourth-order valence-electron chi connectivity index (χ4n) is 2.84. The van der Waals surface area contributed by atoms with E-state index in [1.165, 1.54) is 23.5 Å². The first-order valence-electron chi connectivity index (χ1n) is 8.31. The topological polar surface area (TPSA) is 53.6 Å². The van der Waals surface area contributed by atoms with E-state index in [1.807, 2.05) is 0 Å². The average Bonchev–Trinajstić information content (AvgIpc) is 2.93. The first-order valence-corrected chi connectivity index (χ1v) is 9.54. The molecule has 0 fully saturated rings. The number of hydrogen-bond acceptors (Lipinski definition) is 5. The molecule has 26 heavy (non-hydrogen) atoms. The van der Waals surface area contributed by atoms with Crippen LogP contribution < -0.4 is 10.6 Å². The molecule has 1 aromatic heterocycles. The van der Waals surface area contributed by atoms with Gasteiger partial charge >= 0.3 is 5.97 Å². The molecule has 3 rings (SSSR count). The number of esters is 1. The minimum atomic E-state index is -0.332. The number of thiophene rings is 1. The molecule has 2 aromatic rings. The van der Waals surface area contributed by atoms with Crippen molar-refractivity contribution in [3.63, 3.8) is 0 Å². The van der Waals surface area contributed by atoms with Crippen molar-refractivity contribution < 1.29 is 13.9 Å². The Labute approximate surface area is 161 Å². The Bertz CT molecular complexity index is 821. The van der Waals surface area contributed by atoms with E-state index in [0.717, 1.165) is 30.0 Å². The highest BCUT2D eigenvalue weighted by Gasteiger charge is 2.28. The number of likely N-dealkylation sites (N-methyl/N-ethyl adjacent to an activating group) is 1. The van der Waals surface area contributed by atoms with E-state index in [1.54, 1.807) is 19.1 Å². The number of ether oxygens (including phenoxy) is 1. The minimum absolute atomic E-state index is 0.311. The van der Waals surface area contributed by atoms with Gasteiger partial charge in [0.2, 0.25) is 0 Å². The van der Waals surface area contributed by atoms with Crippen LogP contribution in [0, 0.1) is 5.82 Å². The number of hydrogen-bond donors (Lipinski definition) is 2. The summed E-state index contributed by atoms with van der Waals surface area (Å²) in [6.45, 7) is 3.81. The lowest BCUT2D eigenvalue weighted by atomic mass is 10.0. The summed E-state index contributed by atoms with van der Waals surface area (Å²) >= 11 is 6.87. The van der Waals surface area contributed by atoms with E-state index >= 15 is 0 Å². The van der Waals surface area contributed by atoms with Crippen LogP contribution in [0.1, 0.15) is 27.7 Å². The maximum Gasteiger partial charge on any atom is 0.341 e. The quantitative estimate of drug-likeness (QED) is 0.608. The van der Waals surface area contributed by atoms with Gasteiger partial charge in [-0.15, -0.1) is 11.3 Å². The Kier molecular flexibility index (Phi) is 5.85. The molecule has 1 aliphatic rings. The summed E-state index contributed by atoms with van der Waals surface area (Å²) in [5.74, 6) is -0.643. The van der Waals surface area contributed by atoms with Crippen molar-refractivity contribution in [2.24, 2.45) is 0 Å². The standard InChI is InChI=1S/C18H20FN3O2S2/c1-3-24-17(23)15-13-8-9-22(2)10-14(13)26-16(15)21-18(25)20-12-6-4-11(19)5-7-12/h4-7H,3,8-10H2,1-2H3,(H2,20,21,25). The van der Waals surface area contributed by atoms with Gasteiger partial charge in [-0.25, -0.2) is 9.18 Å². The van der Waals surface area contributed by atoms with E-state index in [0.29, 0.717) is 28.0 Å². The zero-order valence-corrected chi connectivity index (χ0v) is 16.2. The van der Waals surface area contributed by atoms with Crippen molar-refractivity contribution in [3.05, 3.63) is 46.1 Å². The lowest BCUT2D eigenvalue weighted by molar-refractivity contribution is 0.0526. The molecule has 0 spiro atoms. The van der Waals surface area contributed by atoms with Crippen molar-refractivity contribution in [2.75, 3.05) is 30.8 Å². The van der Waals surface area contributed by atoms with Crippen molar-refractivity contribution in [3.8, 4) is 0 Å². The fraction of sp³-hybridized carbons (Fsp3) is 0.333. The van der Waals surface area contributed by atoms with Crippen LogP contribution in [0.25, 0.3) is 0 Å². The molecule has 2 N–H and O–H groups in total. The van der Waals surface area contributed by atoms with Crippen LogP contribution in [0.5, 0.6) is 0 Å². The Morgan fingerprint density at radius 1 is 1.35 bits per heavy atom. The van der Waals surface area contributed by atoms with Crippen molar-refractivity contribution in [1.29, 1.82) is 0 Å². The molecule has 2 heterocycles. The largest absolute Gasteiger partial charge is 0.462 e. The van der Waals surface area contributed by atoms with E-state index in [-0.39, 0.29) is 11.8 Å². The number of carbonyl (C=O) groups is 1. The summed E-state index contributed by atoms with van der Waals surface area (Å²) in [6.07, 6.45) is 0.802. The molecule has 1 aliphatic heterocycles. The third kappa shape index (κ3) is 4.20. The van der Waals surface area contributed by atoms with Gasteiger partial charge in [0.25, 0.3) is 0 Å². The summed E-state index contributed by atoms with van der Waals surface area (Å²) in [5.41, 5.74) is 2.28. The molecule has 1 aromatic carbocycles. The van der Waals surface area contributed by atoms with Crippen molar-refractivity contribution in [2.45, 2.75) is 19.9 Å². The first kappa shape index (κ1) is 18.8. The number of anilines is 2. The lowest BCUT2D eigenvalue weighted by Gasteiger charge is -2.22. The Morgan fingerprint density at radius 2 is 2.08 bits per heavy atom. The number of carbonyl (C=O) groups excluding carboxylic acids is 1. The van der Waals surface area contributed by atoms with Gasteiger partial charge in [-0.05, 0) is 62.4 Å². The molecule has 0 saturated heterocycles. The van der Waals surface area contributed by atoms with E-state index in [4.69, 9.17) is 17.0 Å². The molecular weight excluding hydrogens is 373 g/mol. The Balaban J connectivity index is 1.82. The third-order valence-electron chi connectivity index (χ3n) is 4.06. The van der Waals surface area contributed by atoms with Gasteiger partial charge in [-0.2, -0.15) is 0 Å². The molecular formula is C18H20FN3O2S2. The minimum Gasteiger partial charge on any atom is -0.462 e. The SMILES string of the molecule is CCOC(=O)c1c(NC(=S)Nc2ccc(F)cc2)sc2c1CCN(C)C2. The van der Waals surface area contributed by atoms with E-state index < -0.39 is 0 Å². The molecule has 138 valence electrons. The maximum atomic E-state index is 13.0. The number of nitrogens with one attached hydrogen (secondary N) is 2. The molecule has 0 atom stereocenters. The van der Waals surface area contributed by atoms with Gasteiger partial charge in [-0.1, -0.05) is 0 Å². The van der Waals surface area contributed by atoms with Crippen LogP contribution in [0.15, 0.2) is 24.3 Å². The summed E-state index contributed by atoms with van der Waals surface area (Å²) < 4.78 is 18.3. The predicted molar refractivity (Wildman–Crippen MR) is 107 cm³/mol. The van der Waals surface area contributed by atoms with Gasteiger partial charge < -0.3 is 20.3 Å². The third-order valence-corrected chi connectivity index (χ3v) is 5.39. The molecule has 5 nitrogen and oxygen atoms in total. The number of thiocarbonyl (C=S) groups is 1. The van der Waals surface area contributed by atoms with Crippen LogP contribution in [-0.4, -0.2) is 36.2 Å². The second-order valence-electron chi connectivity index (χ2n) is 6.00. The summed E-state index contributed by atoms with van der Waals surface area (Å²) in [4.78, 5) is 15.8. The highest BCUT2D eigenvalue weighted by Crippen LogP contribution is 2.37. The molecule has 0 bridgehead atoms. The molecule has 0 aliphatic carbocycles. The van der Waals surface area contributed by atoms with Crippen LogP contribution in [0.2, 0.25) is 0 Å². The number of nitrogens with zero attached hydrogens (tertiary/aromatic N) is 1. The molecule has 0 unspecified atom stereocenters. The Morgan fingerprint density at radius 3 is 2.77 bits per heavy atom. The van der Waals surface area contributed by atoms with Gasteiger partial charge in [0.1, 0.15) is 10.8 Å². The van der Waals surface area contributed by atoms with Gasteiger partial charge in [0.15, 0.2) is 5.11 Å².